The number of nitrogens with one attached hydrogen (secondary N) is 1. The smallest absolute Gasteiger partial charge is 0.237 e. The number of carbonyl (C=O) groups is 1. The van der Waals surface area contributed by atoms with E-state index < -0.39 is 5.54 Å². The van der Waals surface area contributed by atoms with Gasteiger partial charge < -0.3 is 15.8 Å². The van der Waals surface area contributed by atoms with Gasteiger partial charge in [-0.1, -0.05) is 0 Å². The van der Waals surface area contributed by atoms with E-state index in [-0.39, 0.29) is 11.9 Å². The quantitative estimate of drug-likeness (QED) is 0.735. The molecule has 1 amide bonds. The zero-order chi connectivity index (χ0) is 15.3. The number of nitrogens with zero attached hydrogens (tertiary/aromatic N) is 1. The van der Waals surface area contributed by atoms with Gasteiger partial charge in [-0.25, -0.2) is 0 Å². The van der Waals surface area contributed by atoms with Gasteiger partial charge in [0.1, 0.15) is 0 Å². The summed E-state index contributed by atoms with van der Waals surface area (Å²) in [6.07, 6.45) is 3.76. The van der Waals surface area contributed by atoms with E-state index in [2.05, 4.69) is 38.0 Å². The Morgan fingerprint density at radius 1 is 1.50 bits per heavy atom. The zero-order valence-corrected chi connectivity index (χ0v) is 13.6. The Labute approximate surface area is 123 Å². The van der Waals surface area contributed by atoms with Crippen molar-refractivity contribution in [2.75, 3.05) is 20.8 Å². The van der Waals surface area contributed by atoms with Crippen molar-refractivity contribution in [2.24, 2.45) is 5.73 Å². The minimum Gasteiger partial charge on any atom is -0.383 e. The van der Waals surface area contributed by atoms with Gasteiger partial charge in [-0.15, -0.1) is 0 Å². The molecule has 1 rings (SSSR count). The van der Waals surface area contributed by atoms with Crippen molar-refractivity contribution < 1.29 is 9.53 Å². The van der Waals surface area contributed by atoms with Crippen LogP contribution in [0, 0.1) is 0 Å². The van der Waals surface area contributed by atoms with Crippen LogP contribution in [-0.4, -0.2) is 55.2 Å². The molecule has 0 aromatic carbocycles. The summed E-state index contributed by atoms with van der Waals surface area (Å²) in [6, 6.07) is 0.961. The van der Waals surface area contributed by atoms with E-state index in [4.69, 9.17) is 10.5 Å². The minimum atomic E-state index is -0.557. The predicted molar refractivity (Wildman–Crippen MR) is 81.6 cm³/mol. The molecule has 20 heavy (non-hydrogen) atoms. The average molecular weight is 285 g/mol. The lowest BCUT2D eigenvalue weighted by molar-refractivity contribution is -0.127. The first kappa shape index (κ1) is 17.4. The molecule has 0 bridgehead atoms. The highest BCUT2D eigenvalue weighted by atomic mass is 16.5. The van der Waals surface area contributed by atoms with Gasteiger partial charge in [0.2, 0.25) is 5.91 Å². The molecule has 1 aliphatic carbocycles. The van der Waals surface area contributed by atoms with Crippen LogP contribution in [0.15, 0.2) is 0 Å². The van der Waals surface area contributed by atoms with Crippen molar-refractivity contribution in [1.29, 1.82) is 0 Å². The van der Waals surface area contributed by atoms with Gasteiger partial charge in [0.05, 0.1) is 12.1 Å². The van der Waals surface area contributed by atoms with Crippen molar-refractivity contribution in [1.82, 2.24) is 10.2 Å². The van der Waals surface area contributed by atoms with Crippen LogP contribution in [-0.2, 0) is 9.53 Å². The lowest BCUT2D eigenvalue weighted by Crippen LogP contribution is -2.62. The third-order valence-corrected chi connectivity index (χ3v) is 4.44. The molecular weight excluding hydrogens is 254 g/mol. The van der Waals surface area contributed by atoms with Gasteiger partial charge in [-0.3, -0.25) is 9.69 Å². The highest BCUT2D eigenvalue weighted by Crippen LogP contribution is 2.32. The molecule has 0 spiro atoms. The summed E-state index contributed by atoms with van der Waals surface area (Å²) in [5.41, 5.74) is 5.15. The summed E-state index contributed by atoms with van der Waals surface area (Å²) in [4.78, 5) is 14.3. The van der Waals surface area contributed by atoms with Gasteiger partial charge in [-0.2, -0.15) is 0 Å². The van der Waals surface area contributed by atoms with Gasteiger partial charge in [0.15, 0.2) is 0 Å². The Bertz CT molecular complexity index is 322. The fraction of sp³-hybridized carbons (Fsp3) is 0.933. The van der Waals surface area contributed by atoms with E-state index >= 15 is 0 Å². The van der Waals surface area contributed by atoms with E-state index in [0.29, 0.717) is 18.7 Å². The third-order valence-electron chi connectivity index (χ3n) is 4.44. The van der Waals surface area contributed by atoms with Crippen LogP contribution >= 0.6 is 0 Å². The van der Waals surface area contributed by atoms with Gasteiger partial charge in [0.25, 0.3) is 0 Å². The molecule has 0 aromatic rings. The number of amides is 1. The van der Waals surface area contributed by atoms with Crippen LogP contribution in [0.3, 0.4) is 0 Å². The number of likely N-dealkylation sites (N-methyl/N-ethyl adjacent to an activating group) is 1. The predicted octanol–water partition coefficient (Wildman–Crippen LogP) is 1.12. The number of rotatable bonds is 7. The first-order valence-corrected chi connectivity index (χ1v) is 7.61. The summed E-state index contributed by atoms with van der Waals surface area (Å²) in [6.45, 7) is 6.98. The largest absolute Gasteiger partial charge is 0.383 e. The number of primary amides is 1. The number of carbonyl (C=O) groups excluding carboxylic acids is 1. The fourth-order valence-corrected chi connectivity index (χ4v) is 3.29. The van der Waals surface area contributed by atoms with E-state index in [1.54, 1.807) is 7.11 Å². The number of hydrogen-bond donors (Lipinski definition) is 2. The number of hydrogen-bond acceptors (Lipinski definition) is 4. The van der Waals surface area contributed by atoms with Gasteiger partial charge >= 0.3 is 0 Å². The summed E-state index contributed by atoms with van der Waals surface area (Å²) >= 11 is 0. The van der Waals surface area contributed by atoms with Crippen molar-refractivity contribution in [3.8, 4) is 0 Å². The van der Waals surface area contributed by atoms with Crippen LogP contribution in [0.4, 0.5) is 0 Å². The standard InChI is InChI=1S/C15H31N3O2/c1-11(2)17-15(14(16)19)8-6-7-13(9-15)18(4)12(3)10-20-5/h11-13,17H,6-10H2,1-5H3,(H2,16,19). The molecule has 0 radical (unpaired) electrons. The zero-order valence-electron chi connectivity index (χ0n) is 13.6. The molecule has 0 aromatic heterocycles. The molecule has 3 unspecified atom stereocenters. The molecule has 5 nitrogen and oxygen atoms in total. The summed E-state index contributed by atoms with van der Waals surface area (Å²) < 4.78 is 5.23. The normalized spacial score (nSPS) is 28.9. The Morgan fingerprint density at radius 3 is 2.65 bits per heavy atom. The molecule has 0 saturated heterocycles. The van der Waals surface area contributed by atoms with Crippen LogP contribution in [0.25, 0.3) is 0 Å². The van der Waals surface area contributed by atoms with Crippen LogP contribution in [0.1, 0.15) is 46.5 Å². The number of ether oxygens (including phenoxy) is 1. The van der Waals surface area contributed by atoms with Crippen molar-refractivity contribution >= 4 is 5.91 Å². The molecular formula is C15H31N3O2. The van der Waals surface area contributed by atoms with E-state index in [1.807, 2.05) is 0 Å². The lowest BCUT2D eigenvalue weighted by Gasteiger charge is -2.44. The maximum atomic E-state index is 12.0. The third kappa shape index (κ3) is 4.17. The van der Waals surface area contributed by atoms with Crippen LogP contribution in [0.2, 0.25) is 0 Å². The second-order valence-electron chi connectivity index (χ2n) is 6.47. The van der Waals surface area contributed by atoms with Crippen LogP contribution < -0.4 is 11.1 Å². The highest BCUT2D eigenvalue weighted by Gasteiger charge is 2.43. The monoisotopic (exact) mass is 285 g/mol. The second-order valence-corrected chi connectivity index (χ2v) is 6.47. The first-order chi connectivity index (χ1) is 9.32. The molecule has 3 atom stereocenters. The fourth-order valence-electron chi connectivity index (χ4n) is 3.29. The minimum absolute atomic E-state index is 0.219. The van der Waals surface area contributed by atoms with Crippen molar-refractivity contribution in [3.05, 3.63) is 0 Å². The molecule has 3 N–H and O–H groups in total. The highest BCUT2D eigenvalue weighted by molar-refractivity contribution is 5.85. The topological polar surface area (TPSA) is 67.6 Å². The second kappa shape index (κ2) is 7.38. The lowest BCUT2D eigenvalue weighted by atomic mass is 9.77. The molecule has 1 fully saturated rings. The first-order valence-electron chi connectivity index (χ1n) is 7.61. The molecule has 5 heteroatoms. The summed E-state index contributed by atoms with van der Waals surface area (Å²) in [5.74, 6) is -0.219. The Hall–Kier alpha value is -0.650. The molecule has 118 valence electrons. The summed E-state index contributed by atoms with van der Waals surface area (Å²) in [5, 5.41) is 3.42. The van der Waals surface area contributed by atoms with E-state index in [0.717, 1.165) is 25.7 Å². The number of nitrogens with two attached hydrogens (primary N) is 1. The number of methoxy groups -OCH3 is 1. The van der Waals surface area contributed by atoms with Gasteiger partial charge in [-0.05, 0) is 53.5 Å². The van der Waals surface area contributed by atoms with E-state index in [9.17, 15) is 4.79 Å². The SMILES string of the molecule is COCC(C)N(C)C1CCCC(NC(C)C)(C(N)=O)C1. The summed E-state index contributed by atoms with van der Waals surface area (Å²) in [7, 11) is 3.83. The Kier molecular flexibility index (Phi) is 6.43. The molecule has 0 aliphatic heterocycles. The maximum Gasteiger partial charge on any atom is 0.237 e. The van der Waals surface area contributed by atoms with Gasteiger partial charge in [0, 0.05) is 25.2 Å². The maximum absolute atomic E-state index is 12.0. The van der Waals surface area contributed by atoms with Crippen molar-refractivity contribution in [3.63, 3.8) is 0 Å². The molecule has 0 heterocycles. The molecule has 1 saturated carbocycles. The Balaban J connectivity index is 2.79. The average Bonchev–Trinajstić information content (AvgIpc) is 2.37. The van der Waals surface area contributed by atoms with Crippen LogP contribution in [0.5, 0.6) is 0 Å². The van der Waals surface area contributed by atoms with Crippen molar-refractivity contribution in [2.45, 2.75) is 70.1 Å². The Morgan fingerprint density at radius 2 is 2.15 bits per heavy atom. The molecule has 1 aliphatic rings. The van der Waals surface area contributed by atoms with E-state index in [1.165, 1.54) is 0 Å².